The van der Waals surface area contributed by atoms with Gasteiger partial charge in [-0.05, 0) is 17.5 Å². The topological polar surface area (TPSA) is 94.6 Å². The molecular weight excluding hydrogens is 380 g/mol. The van der Waals surface area contributed by atoms with Crippen molar-refractivity contribution in [3.05, 3.63) is 82.4 Å². The summed E-state index contributed by atoms with van der Waals surface area (Å²) in [5.41, 5.74) is 8.53. The zero-order chi connectivity index (χ0) is 21.3. The van der Waals surface area contributed by atoms with Crippen molar-refractivity contribution in [3.63, 3.8) is 0 Å². The van der Waals surface area contributed by atoms with Crippen LogP contribution in [0.3, 0.4) is 0 Å². The number of carbonyl (C=O) groups is 1. The van der Waals surface area contributed by atoms with Crippen LogP contribution in [0.2, 0.25) is 0 Å². The van der Waals surface area contributed by atoms with E-state index in [0.29, 0.717) is 41.2 Å². The molecule has 4 rings (SSSR count). The van der Waals surface area contributed by atoms with Gasteiger partial charge >= 0.3 is 0 Å². The first kappa shape index (κ1) is 19.6. The summed E-state index contributed by atoms with van der Waals surface area (Å²) < 4.78 is 16.8. The molecule has 30 heavy (non-hydrogen) atoms. The first-order chi connectivity index (χ1) is 14.6. The number of hydrogen-bond donors (Lipinski definition) is 1. The summed E-state index contributed by atoms with van der Waals surface area (Å²) in [6, 6.07) is 17.4. The average molecular weight is 402 g/mol. The lowest BCUT2D eigenvalue weighted by Crippen LogP contribution is -2.30. The van der Waals surface area contributed by atoms with E-state index in [0.717, 1.165) is 5.56 Å². The van der Waals surface area contributed by atoms with Gasteiger partial charge in [0.15, 0.2) is 17.3 Å². The number of nitrogens with zero attached hydrogens (tertiary/aromatic N) is 1. The summed E-state index contributed by atoms with van der Waals surface area (Å²) in [5, 5.41) is 9.82. The zero-order valence-electron chi connectivity index (χ0n) is 16.8. The molecule has 0 spiro atoms. The van der Waals surface area contributed by atoms with Crippen LogP contribution in [0.1, 0.15) is 35.8 Å². The minimum Gasteiger partial charge on any atom is -0.493 e. The van der Waals surface area contributed by atoms with Crippen LogP contribution in [0.4, 0.5) is 0 Å². The zero-order valence-corrected chi connectivity index (χ0v) is 16.8. The molecular formula is C24H22N2O4. The maximum atomic E-state index is 13.3. The van der Waals surface area contributed by atoms with Crippen molar-refractivity contribution in [1.82, 2.24) is 0 Å². The highest BCUT2D eigenvalue weighted by Crippen LogP contribution is 2.49. The fraction of sp³-hybridized carbons (Fsp3) is 0.250. The molecule has 0 saturated carbocycles. The van der Waals surface area contributed by atoms with Crippen LogP contribution in [0, 0.1) is 11.3 Å². The lowest BCUT2D eigenvalue weighted by Gasteiger charge is -2.34. The number of ketones is 1. The molecule has 1 heterocycles. The van der Waals surface area contributed by atoms with Crippen molar-refractivity contribution < 1.29 is 19.0 Å². The quantitative estimate of drug-likeness (QED) is 0.833. The van der Waals surface area contributed by atoms with Crippen LogP contribution in [0.15, 0.2) is 71.3 Å². The van der Waals surface area contributed by atoms with E-state index in [1.54, 1.807) is 19.2 Å². The second kappa shape index (κ2) is 7.96. The molecule has 0 amide bonds. The number of carbonyl (C=O) groups excluding carboxylic acids is 1. The van der Waals surface area contributed by atoms with Gasteiger partial charge in [0.05, 0.1) is 20.1 Å². The first-order valence-corrected chi connectivity index (χ1v) is 9.68. The molecule has 1 aliphatic heterocycles. The van der Waals surface area contributed by atoms with Crippen LogP contribution in [-0.4, -0.2) is 20.0 Å². The van der Waals surface area contributed by atoms with Gasteiger partial charge in [0.1, 0.15) is 17.4 Å². The molecule has 152 valence electrons. The summed E-state index contributed by atoms with van der Waals surface area (Å²) in [5.74, 6) is 0.816. The number of rotatable bonds is 4. The van der Waals surface area contributed by atoms with Crippen molar-refractivity contribution in [2.75, 3.05) is 14.2 Å². The lowest BCUT2D eigenvalue weighted by atomic mass is 9.73. The number of Topliss-reactive ketones (excluding diaryl/α,β-unsaturated/α-hetero) is 1. The van der Waals surface area contributed by atoms with Crippen LogP contribution < -0.4 is 15.2 Å². The number of nitriles is 1. The molecule has 0 fully saturated rings. The van der Waals surface area contributed by atoms with Crippen LogP contribution in [-0.2, 0) is 9.53 Å². The molecule has 0 bridgehead atoms. The Morgan fingerprint density at radius 1 is 1.07 bits per heavy atom. The largest absolute Gasteiger partial charge is 0.493 e. The van der Waals surface area contributed by atoms with Gasteiger partial charge < -0.3 is 19.9 Å². The maximum Gasteiger partial charge on any atom is 0.205 e. The molecule has 2 aliphatic rings. The number of nitrogens with two attached hydrogens (primary N) is 1. The SMILES string of the molecule is COc1cccc([C@@H]2C(C#N)=C(N)OC3=C2C(=O)C[C@@H](c2ccccc2)C3)c1OC. The number of allylic oxidation sites excluding steroid dienone is 3. The minimum absolute atomic E-state index is 0.00161. The normalized spacial score (nSPS) is 20.9. The Bertz CT molecular complexity index is 1100. The molecule has 0 unspecified atom stereocenters. The van der Waals surface area contributed by atoms with E-state index >= 15 is 0 Å². The highest BCUT2D eigenvalue weighted by atomic mass is 16.5. The minimum atomic E-state index is -0.659. The summed E-state index contributed by atoms with van der Waals surface area (Å²) in [4.78, 5) is 13.3. The Balaban J connectivity index is 1.85. The van der Waals surface area contributed by atoms with Crippen molar-refractivity contribution in [2.45, 2.75) is 24.7 Å². The van der Waals surface area contributed by atoms with Gasteiger partial charge in [-0.15, -0.1) is 0 Å². The van der Waals surface area contributed by atoms with E-state index < -0.39 is 5.92 Å². The molecule has 0 saturated heterocycles. The lowest BCUT2D eigenvalue weighted by molar-refractivity contribution is -0.117. The van der Waals surface area contributed by atoms with Crippen molar-refractivity contribution in [2.24, 2.45) is 5.73 Å². The Morgan fingerprint density at radius 2 is 1.83 bits per heavy atom. The van der Waals surface area contributed by atoms with Crippen LogP contribution in [0.5, 0.6) is 11.5 Å². The van der Waals surface area contributed by atoms with Crippen molar-refractivity contribution in [3.8, 4) is 17.6 Å². The van der Waals surface area contributed by atoms with E-state index in [1.165, 1.54) is 7.11 Å². The standard InChI is InChI=1S/C24H22N2O4/c1-28-19-10-6-9-16(23(19)29-2)21-17(13-25)24(26)30-20-12-15(11-18(27)22(20)21)14-7-4-3-5-8-14/h3-10,15,21H,11-12,26H2,1-2H3/t15-,21-/m1/s1. The van der Waals surface area contributed by atoms with E-state index in [9.17, 15) is 10.1 Å². The fourth-order valence-corrected chi connectivity index (χ4v) is 4.32. The predicted octanol–water partition coefficient (Wildman–Crippen LogP) is 3.91. The maximum absolute atomic E-state index is 13.3. The molecule has 2 atom stereocenters. The van der Waals surface area contributed by atoms with Gasteiger partial charge in [-0.25, -0.2) is 0 Å². The Hall–Kier alpha value is -3.72. The number of benzene rings is 2. The number of methoxy groups -OCH3 is 2. The number of para-hydroxylation sites is 1. The monoisotopic (exact) mass is 402 g/mol. The van der Waals surface area contributed by atoms with Gasteiger partial charge in [0.2, 0.25) is 5.88 Å². The number of hydrogen-bond acceptors (Lipinski definition) is 6. The molecule has 6 heteroatoms. The third kappa shape index (κ3) is 3.18. The molecule has 1 aliphatic carbocycles. The first-order valence-electron chi connectivity index (χ1n) is 9.68. The average Bonchev–Trinajstić information content (AvgIpc) is 2.77. The van der Waals surface area contributed by atoms with Crippen molar-refractivity contribution >= 4 is 5.78 Å². The second-order valence-electron chi connectivity index (χ2n) is 7.28. The molecule has 2 aromatic carbocycles. The van der Waals surface area contributed by atoms with Crippen molar-refractivity contribution in [1.29, 1.82) is 5.26 Å². The van der Waals surface area contributed by atoms with Gasteiger partial charge in [-0.1, -0.05) is 42.5 Å². The summed E-state index contributed by atoms with van der Waals surface area (Å²) in [6.07, 6.45) is 0.876. The Kier molecular flexibility index (Phi) is 5.20. The third-order valence-electron chi connectivity index (χ3n) is 5.68. The summed E-state index contributed by atoms with van der Waals surface area (Å²) in [7, 11) is 3.07. The van der Waals surface area contributed by atoms with Gasteiger partial charge in [0, 0.05) is 24.0 Å². The van der Waals surface area contributed by atoms with E-state index in [1.807, 2.05) is 36.4 Å². The van der Waals surface area contributed by atoms with E-state index in [2.05, 4.69) is 6.07 Å². The molecule has 2 N–H and O–H groups in total. The fourth-order valence-electron chi connectivity index (χ4n) is 4.32. The number of ether oxygens (including phenoxy) is 3. The highest BCUT2D eigenvalue weighted by molar-refractivity contribution is 6.00. The smallest absolute Gasteiger partial charge is 0.205 e. The van der Waals surface area contributed by atoms with Gasteiger partial charge in [-0.2, -0.15) is 5.26 Å². The molecule has 6 nitrogen and oxygen atoms in total. The molecule has 0 aromatic heterocycles. The van der Waals surface area contributed by atoms with Gasteiger partial charge in [-0.3, -0.25) is 4.79 Å². The Morgan fingerprint density at radius 3 is 2.50 bits per heavy atom. The summed E-state index contributed by atoms with van der Waals surface area (Å²) >= 11 is 0. The predicted molar refractivity (Wildman–Crippen MR) is 111 cm³/mol. The van der Waals surface area contributed by atoms with Crippen LogP contribution in [0.25, 0.3) is 0 Å². The van der Waals surface area contributed by atoms with E-state index in [4.69, 9.17) is 19.9 Å². The Labute approximate surface area is 175 Å². The molecule has 0 radical (unpaired) electrons. The summed E-state index contributed by atoms with van der Waals surface area (Å²) in [6.45, 7) is 0. The van der Waals surface area contributed by atoms with Gasteiger partial charge in [0.25, 0.3) is 0 Å². The second-order valence-corrected chi connectivity index (χ2v) is 7.28. The van der Waals surface area contributed by atoms with E-state index in [-0.39, 0.29) is 23.2 Å². The third-order valence-corrected chi connectivity index (χ3v) is 5.68. The highest BCUT2D eigenvalue weighted by Gasteiger charge is 2.42. The van der Waals surface area contributed by atoms with Crippen LogP contribution >= 0.6 is 0 Å². The molecule has 2 aromatic rings.